The fourth-order valence-corrected chi connectivity index (χ4v) is 6.15. The van der Waals surface area contributed by atoms with Gasteiger partial charge in [0.05, 0.1) is 20.7 Å². The minimum Gasteiger partial charge on any atom is -0.423 e. The Labute approximate surface area is 209 Å². The number of carbonyl (C=O) groups is 1. The van der Waals surface area contributed by atoms with Crippen LogP contribution in [-0.2, 0) is 10.0 Å². The van der Waals surface area contributed by atoms with E-state index in [0.717, 1.165) is 41.5 Å². The van der Waals surface area contributed by atoms with Crippen molar-refractivity contribution < 1.29 is 17.9 Å². The first kappa shape index (κ1) is 25.1. The van der Waals surface area contributed by atoms with Gasteiger partial charge in [0.15, 0.2) is 5.13 Å². The predicted octanol–water partition coefficient (Wildman–Crippen LogP) is 3.63. The number of rotatable bonds is 9. The molecule has 1 aliphatic rings. The zero-order valence-electron chi connectivity index (χ0n) is 19.6. The summed E-state index contributed by atoms with van der Waals surface area (Å²) in [4.78, 5) is 22.1. The largest absolute Gasteiger partial charge is 0.423 e. The molecule has 0 radical (unpaired) electrons. The molecule has 0 spiro atoms. The number of carbonyl (C=O) groups excluding carboxylic acids is 1. The van der Waals surface area contributed by atoms with E-state index in [1.54, 1.807) is 17.4 Å². The van der Waals surface area contributed by atoms with Crippen molar-refractivity contribution in [1.29, 1.82) is 0 Å². The van der Waals surface area contributed by atoms with Gasteiger partial charge in [0.1, 0.15) is 5.75 Å². The van der Waals surface area contributed by atoms with E-state index in [0.29, 0.717) is 5.75 Å². The maximum absolute atomic E-state index is 12.8. The molecule has 8 nitrogen and oxygen atoms in total. The Kier molecular flexibility index (Phi) is 7.66. The van der Waals surface area contributed by atoms with Gasteiger partial charge in [-0.25, -0.2) is 18.2 Å². The molecule has 184 valence electrons. The van der Waals surface area contributed by atoms with E-state index in [1.807, 2.05) is 12.1 Å². The van der Waals surface area contributed by atoms with Crippen molar-refractivity contribution in [2.45, 2.75) is 4.90 Å². The van der Waals surface area contributed by atoms with Crippen molar-refractivity contribution in [1.82, 2.24) is 14.2 Å². The van der Waals surface area contributed by atoms with Crippen molar-refractivity contribution in [3.63, 3.8) is 0 Å². The molecule has 4 rings (SSSR count). The number of sulfonamides is 1. The van der Waals surface area contributed by atoms with Crippen LogP contribution >= 0.6 is 11.3 Å². The lowest BCUT2D eigenvalue weighted by Crippen LogP contribution is -2.44. The first-order valence-electron chi connectivity index (χ1n) is 11.2. The predicted molar refractivity (Wildman–Crippen MR) is 140 cm³/mol. The molecule has 1 aliphatic heterocycles. The first-order valence-corrected chi connectivity index (χ1v) is 13.5. The van der Waals surface area contributed by atoms with Gasteiger partial charge in [-0.3, -0.25) is 0 Å². The Morgan fingerprint density at radius 2 is 1.74 bits per heavy atom. The van der Waals surface area contributed by atoms with Crippen LogP contribution in [0.4, 0.5) is 5.13 Å². The van der Waals surface area contributed by atoms with Gasteiger partial charge in [-0.2, -0.15) is 4.31 Å². The molecule has 1 aromatic heterocycles. The van der Waals surface area contributed by atoms with Crippen molar-refractivity contribution in [3.05, 3.63) is 73.3 Å². The quantitative estimate of drug-likeness (QED) is 0.246. The molecule has 10 heteroatoms. The van der Waals surface area contributed by atoms with Crippen LogP contribution in [0.15, 0.2) is 72.7 Å². The van der Waals surface area contributed by atoms with Gasteiger partial charge in [-0.1, -0.05) is 23.5 Å². The minimum atomic E-state index is -3.73. The van der Waals surface area contributed by atoms with Crippen molar-refractivity contribution >= 4 is 42.7 Å². The second kappa shape index (κ2) is 10.7. The summed E-state index contributed by atoms with van der Waals surface area (Å²) < 4.78 is 33.4. The Morgan fingerprint density at radius 1 is 1.09 bits per heavy atom. The maximum Gasteiger partial charge on any atom is 0.343 e. The van der Waals surface area contributed by atoms with E-state index >= 15 is 0 Å². The second-order valence-corrected chi connectivity index (χ2v) is 11.2. The fraction of sp³-hybridized carbons (Fsp3) is 0.280. The summed E-state index contributed by atoms with van der Waals surface area (Å²) in [5, 5.41) is 0.968. The molecular weight excluding hydrogens is 484 g/mol. The third-order valence-corrected chi connectivity index (χ3v) is 8.65. The normalized spacial score (nSPS) is 14.9. The van der Waals surface area contributed by atoms with Crippen LogP contribution < -0.4 is 9.64 Å². The number of hydrogen-bond donors (Lipinski definition) is 0. The average Bonchev–Trinajstić information content (AvgIpc) is 3.28. The van der Waals surface area contributed by atoms with Crippen LogP contribution in [0, 0.1) is 0 Å². The SMILES string of the molecule is C=CCN(CC=C)S(=O)(=O)c1ccc(C(=O)Oc2ccc3nc(N4CCN(C)CC4)sc3c2)cc1. The lowest BCUT2D eigenvalue weighted by molar-refractivity contribution is 0.0735. The second-order valence-electron chi connectivity index (χ2n) is 8.23. The topological polar surface area (TPSA) is 83.0 Å². The van der Waals surface area contributed by atoms with E-state index in [9.17, 15) is 13.2 Å². The highest BCUT2D eigenvalue weighted by molar-refractivity contribution is 7.89. The van der Waals surface area contributed by atoms with Gasteiger partial charge in [0, 0.05) is 45.3 Å². The number of benzene rings is 2. The number of aromatic nitrogens is 1. The van der Waals surface area contributed by atoms with Crippen LogP contribution in [0.3, 0.4) is 0 Å². The van der Waals surface area contributed by atoms with Crippen molar-refractivity contribution in [2.75, 3.05) is 51.2 Å². The third kappa shape index (κ3) is 5.62. The number of esters is 1. The van der Waals surface area contributed by atoms with Gasteiger partial charge in [-0.15, -0.1) is 13.2 Å². The maximum atomic E-state index is 12.8. The fourth-order valence-electron chi connectivity index (χ4n) is 3.73. The lowest BCUT2D eigenvalue weighted by Gasteiger charge is -2.31. The van der Waals surface area contributed by atoms with Gasteiger partial charge < -0.3 is 14.5 Å². The zero-order chi connectivity index (χ0) is 25.0. The van der Waals surface area contributed by atoms with Crippen LogP contribution in [0.5, 0.6) is 5.75 Å². The number of anilines is 1. The summed E-state index contributed by atoms with van der Waals surface area (Å²) in [6.45, 7) is 11.4. The number of fused-ring (bicyclic) bond motifs is 1. The third-order valence-electron chi connectivity index (χ3n) is 5.73. The highest BCUT2D eigenvalue weighted by atomic mass is 32.2. The molecule has 35 heavy (non-hydrogen) atoms. The summed E-state index contributed by atoms with van der Waals surface area (Å²) in [6, 6.07) is 11.1. The molecule has 1 saturated heterocycles. The molecule has 0 bridgehead atoms. The molecule has 0 aliphatic carbocycles. The standard InChI is InChI=1S/C25H28N4O4S2/c1-4-12-29(13-5-2)35(31,32)21-9-6-19(7-10-21)24(30)33-20-8-11-22-23(18-20)34-25(26-22)28-16-14-27(3)15-17-28/h4-11,18H,1-2,12-17H2,3H3. The van der Waals surface area contributed by atoms with E-state index in [-0.39, 0.29) is 23.5 Å². The number of piperazine rings is 1. The first-order chi connectivity index (χ1) is 16.8. The molecular formula is C25H28N4O4S2. The number of likely N-dealkylation sites (N-methyl/N-ethyl adjacent to an activating group) is 1. The van der Waals surface area contributed by atoms with Gasteiger partial charge in [-0.05, 0) is 43.4 Å². The summed E-state index contributed by atoms with van der Waals surface area (Å²) in [5.74, 6) is -0.151. The highest BCUT2D eigenvalue weighted by Gasteiger charge is 2.23. The van der Waals surface area contributed by atoms with Gasteiger partial charge in [0.25, 0.3) is 0 Å². The molecule has 0 N–H and O–H groups in total. The van der Waals surface area contributed by atoms with Gasteiger partial charge in [0.2, 0.25) is 10.0 Å². The average molecular weight is 513 g/mol. The van der Waals surface area contributed by atoms with E-state index in [2.05, 4.69) is 30.0 Å². The Morgan fingerprint density at radius 3 is 2.37 bits per heavy atom. The highest BCUT2D eigenvalue weighted by Crippen LogP contribution is 2.32. The number of thiazole rings is 1. The Balaban J connectivity index is 1.47. The van der Waals surface area contributed by atoms with Crippen LogP contribution in [0.25, 0.3) is 10.2 Å². The molecule has 0 amide bonds. The number of nitrogens with zero attached hydrogens (tertiary/aromatic N) is 4. The Bertz CT molecular complexity index is 1320. The summed E-state index contributed by atoms with van der Waals surface area (Å²) >= 11 is 1.58. The smallest absolute Gasteiger partial charge is 0.343 e. The van der Waals surface area contributed by atoms with E-state index in [1.165, 1.54) is 40.7 Å². The lowest BCUT2D eigenvalue weighted by atomic mass is 10.2. The Hall–Kier alpha value is -3.05. The van der Waals surface area contributed by atoms with Crippen molar-refractivity contribution in [2.24, 2.45) is 0 Å². The van der Waals surface area contributed by atoms with Crippen molar-refractivity contribution in [3.8, 4) is 5.75 Å². The number of ether oxygens (including phenoxy) is 1. The zero-order valence-corrected chi connectivity index (χ0v) is 21.2. The van der Waals surface area contributed by atoms with E-state index in [4.69, 9.17) is 9.72 Å². The van der Waals surface area contributed by atoms with Gasteiger partial charge >= 0.3 is 5.97 Å². The molecule has 2 aromatic carbocycles. The molecule has 3 aromatic rings. The molecule has 2 heterocycles. The van der Waals surface area contributed by atoms with Crippen LogP contribution in [0.2, 0.25) is 0 Å². The summed E-state index contributed by atoms with van der Waals surface area (Å²) in [5.41, 5.74) is 1.12. The summed E-state index contributed by atoms with van der Waals surface area (Å²) in [6.07, 6.45) is 3.03. The molecule has 0 atom stereocenters. The summed E-state index contributed by atoms with van der Waals surface area (Å²) in [7, 11) is -1.62. The number of hydrogen-bond acceptors (Lipinski definition) is 8. The van der Waals surface area contributed by atoms with Crippen LogP contribution in [0.1, 0.15) is 10.4 Å². The molecule has 0 saturated carbocycles. The molecule has 1 fully saturated rings. The molecule has 0 unspecified atom stereocenters. The van der Waals surface area contributed by atoms with Crippen LogP contribution in [-0.4, -0.2) is 74.9 Å². The monoisotopic (exact) mass is 512 g/mol. The minimum absolute atomic E-state index is 0.0836. The van der Waals surface area contributed by atoms with E-state index < -0.39 is 16.0 Å².